The van der Waals surface area contributed by atoms with Crippen LogP contribution in [0.5, 0.6) is 5.75 Å². The lowest BCUT2D eigenvalue weighted by Gasteiger charge is -1.97. The summed E-state index contributed by atoms with van der Waals surface area (Å²) in [6.07, 6.45) is 2.66. The summed E-state index contributed by atoms with van der Waals surface area (Å²) in [7, 11) is 0. The van der Waals surface area contributed by atoms with Gasteiger partial charge in [-0.2, -0.15) is 0 Å². The van der Waals surface area contributed by atoms with Crippen LogP contribution in [0.2, 0.25) is 0 Å². The van der Waals surface area contributed by atoms with Crippen molar-refractivity contribution >= 4 is 12.0 Å². The maximum Gasteiger partial charge on any atom is 0.330 e. The van der Waals surface area contributed by atoms with E-state index in [4.69, 9.17) is 5.11 Å². The van der Waals surface area contributed by atoms with Gasteiger partial charge in [-0.05, 0) is 30.7 Å². The molecule has 0 aliphatic carbocycles. The Morgan fingerprint density at radius 1 is 1.60 bits per heavy atom. The number of halogens is 1. The van der Waals surface area contributed by atoms with Crippen LogP contribution in [0.3, 0.4) is 0 Å². The van der Waals surface area contributed by atoms with Gasteiger partial charge in [-0.1, -0.05) is 6.07 Å². The van der Waals surface area contributed by atoms with Crippen LogP contribution in [0.4, 0.5) is 4.39 Å². The SMILES string of the molecule is CCOC(=O)C=Cc1ccc(F)c(O)c1. The van der Waals surface area contributed by atoms with Gasteiger partial charge in [0.05, 0.1) is 6.61 Å². The molecule has 0 saturated carbocycles. The number of hydrogen-bond donors (Lipinski definition) is 1. The van der Waals surface area contributed by atoms with Gasteiger partial charge in [0.15, 0.2) is 11.6 Å². The maximum absolute atomic E-state index is 12.7. The Morgan fingerprint density at radius 3 is 2.93 bits per heavy atom. The normalized spacial score (nSPS) is 10.5. The monoisotopic (exact) mass is 210 g/mol. The smallest absolute Gasteiger partial charge is 0.330 e. The van der Waals surface area contributed by atoms with Gasteiger partial charge in [-0.3, -0.25) is 0 Å². The Kier molecular flexibility index (Phi) is 3.85. The number of phenolic OH excluding ortho intramolecular Hbond substituents is 1. The lowest BCUT2D eigenvalue weighted by Crippen LogP contribution is -1.98. The van der Waals surface area contributed by atoms with E-state index in [9.17, 15) is 9.18 Å². The van der Waals surface area contributed by atoms with Crippen molar-refractivity contribution in [3.05, 3.63) is 35.7 Å². The predicted octanol–water partition coefficient (Wildman–Crippen LogP) is 2.11. The molecule has 0 amide bonds. The second kappa shape index (κ2) is 5.14. The molecule has 0 bridgehead atoms. The molecule has 3 nitrogen and oxygen atoms in total. The third-order valence-corrected chi connectivity index (χ3v) is 1.67. The van der Waals surface area contributed by atoms with Crippen molar-refractivity contribution < 1.29 is 19.0 Å². The molecule has 1 rings (SSSR count). The molecular formula is C11H11FO3. The molecule has 0 atom stereocenters. The average Bonchev–Trinajstić information content (AvgIpc) is 2.20. The third-order valence-electron chi connectivity index (χ3n) is 1.67. The third kappa shape index (κ3) is 3.42. The van der Waals surface area contributed by atoms with Crippen LogP contribution in [-0.4, -0.2) is 17.7 Å². The maximum atomic E-state index is 12.7. The highest BCUT2D eigenvalue weighted by Gasteiger charge is 1.99. The second-order valence-electron chi connectivity index (χ2n) is 2.80. The molecule has 0 aliphatic rings. The topological polar surface area (TPSA) is 46.5 Å². The lowest BCUT2D eigenvalue weighted by atomic mass is 10.2. The van der Waals surface area contributed by atoms with E-state index in [0.717, 1.165) is 6.07 Å². The predicted molar refractivity (Wildman–Crippen MR) is 53.7 cm³/mol. The molecule has 1 aromatic rings. The molecular weight excluding hydrogens is 199 g/mol. The number of benzene rings is 1. The Morgan fingerprint density at radius 2 is 2.33 bits per heavy atom. The van der Waals surface area contributed by atoms with Gasteiger partial charge in [-0.15, -0.1) is 0 Å². The quantitative estimate of drug-likeness (QED) is 0.614. The zero-order valence-corrected chi connectivity index (χ0v) is 8.24. The molecule has 0 unspecified atom stereocenters. The summed E-state index contributed by atoms with van der Waals surface area (Å²) < 4.78 is 17.3. The largest absolute Gasteiger partial charge is 0.505 e. The van der Waals surface area contributed by atoms with Crippen LogP contribution >= 0.6 is 0 Å². The Labute approximate surface area is 86.8 Å². The Hall–Kier alpha value is -1.84. The molecule has 0 radical (unpaired) electrons. The Bertz CT molecular complexity index is 385. The van der Waals surface area contributed by atoms with E-state index in [1.165, 1.54) is 24.3 Å². The van der Waals surface area contributed by atoms with Gasteiger partial charge in [0.25, 0.3) is 0 Å². The van der Waals surface area contributed by atoms with Crippen molar-refractivity contribution in [3.8, 4) is 5.75 Å². The summed E-state index contributed by atoms with van der Waals surface area (Å²) in [6.45, 7) is 2.01. The number of esters is 1. The van der Waals surface area contributed by atoms with E-state index < -0.39 is 17.5 Å². The van der Waals surface area contributed by atoms with E-state index in [0.29, 0.717) is 12.2 Å². The number of phenols is 1. The van der Waals surface area contributed by atoms with Crippen LogP contribution in [0.15, 0.2) is 24.3 Å². The molecule has 0 aromatic heterocycles. The van der Waals surface area contributed by atoms with Crippen molar-refractivity contribution in [2.75, 3.05) is 6.61 Å². The van der Waals surface area contributed by atoms with E-state index in [1.807, 2.05) is 0 Å². The lowest BCUT2D eigenvalue weighted by molar-refractivity contribution is -0.137. The first-order chi connectivity index (χ1) is 7.13. The molecule has 0 heterocycles. The first-order valence-corrected chi connectivity index (χ1v) is 4.47. The number of hydrogen-bond acceptors (Lipinski definition) is 3. The first kappa shape index (κ1) is 11.2. The summed E-state index contributed by atoms with van der Waals surface area (Å²) in [6, 6.07) is 3.80. The second-order valence-corrected chi connectivity index (χ2v) is 2.80. The molecule has 1 aromatic carbocycles. The molecule has 4 heteroatoms. The van der Waals surface area contributed by atoms with Crippen molar-refractivity contribution in [2.24, 2.45) is 0 Å². The number of ether oxygens (including phenoxy) is 1. The van der Waals surface area contributed by atoms with Gasteiger partial charge in [0, 0.05) is 6.08 Å². The van der Waals surface area contributed by atoms with Crippen LogP contribution in [-0.2, 0) is 9.53 Å². The molecule has 80 valence electrons. The molecule has 15 heavy (non-hydrogen) atoms. The number of carbonyl (C=O) groups excluding carboxylic acids is 1. The number of rotatable bonds is 3. The molecule has 0 spiro atoms. The standard InChI is InChI=1S/C11H11FO3/c1-2-15-11(14)6-4-8-3-5-9(12)10(13)7-8/h3-7,13H,2H2,1H3. The first-order valence-electron chi connectivity index (χ1n) is 4.47. The van der Waals surface area contributed by atoms with Gasteiger partial charge in [-0.25, -0.2) is 9.18 Å². The molecule has 0 aliphatic heterocycles. The van der Waals surface area contributed by atoms with Crippen molar-refractivity contribution in [1.82, 2.24) is 0 Å². The average molecular weight is 210 g/mol. The minimum Gasteiger partial charge on any atom is -0.505 e. The fourth-order valence-corrected chi connectivity index (χ4v) is 0.988. The highest BCUT2D eigenvalue weighted by molar-refractivity contribution is 5.87. The minimum atomic E-state index is -0.691. The van der Waals surface area contributed by atoms with Crippen molar-refractivity contribution in [3.63, 3.8) is 0 Å². The van der Waals surface area contributed by atoms with Gasteiger partial charge < -0.3 is 9.84 Å². The summed E-state index contributed by atoms with van der Waals surface area (Å²) in [5, 5.41) is 9.04. The van der Waals surface area contributed by atoms with Crippen LogP contribution in [0, 0.1) is 5.82 Å². The zero-order valence-electron chi connectivity index (χ0n) is 8.24. The summed E-state index contributed by atoms with van der Waals surface area (Å²) in [5.74, 6) is -1.61. The summed E-state index contributed by atoms with van der Waals surface area (Å²) in [4.78, 5) is 10.9. The highest BCUT2D eigenvalue weighted by atomic mass is 19.1. The van der Waals surface area contributed by atoms with Crippen molar-refractivity contribution in [1.29, 1.82) is 0 Å². The van der Waals surface area contributed by atoms with Crippen molar-refractivity contribution in [2.45, 2.75) is 6.92 Å². The molecule has 0 fully saturated rings. The number of carbonyl (C=O) groups is 1. The fraction of sp³-hybridized carbons (Fsp3) is 0.182. The summed E-state index contributed by atoms with van der Waals surface area (Å²) in [5.41, 5.74) is 0.530. The van der Waals surface area contributed by atoms with Crippen LogP contribution < -0.4 is 0 Å². The molecule has 0 saturated heterocycles. The van der Waals surface area contributed by atoms with E-state index >= 15 is 0 Å². The van der Waals surface area contributed by atoms with E-state index in [2.05, 4.69) is 4.74 Å². The van der Waals surface area contributed by atoms with Gasteiger partial charge in [0.2, 0.25) is 0 Å². The number of aromatic hydroxyl groups is 1. The van der Waals surface area contributed by atoms with Crippen LogP contribution in [0.1, 0.15) is 12.5 Å². The zero-order chi connectivity index (χ0) is 11.3. The van der Waals surface area contributed by atoms with E-state index in [1.54, 1.807) is 6.92 Å². The highest BCUT2D eigenvalue weighted by Crippen LogP contribution is 2.17. The van der Waals surface area contributed by atoms with Crippen LogP contribution in [0.25, 0.3) is 6.08 Å². The summed E-state index contributed by atoms with van der Waals surface area (Å²) >= 11 is 0. The van der Waals surface area contributed by atoms with E-state index in [-0.39, 0.29) is 0 Å². The van der Waals surface area contributed by atoms with Gasteiger partial charge >= 0.3 is 5.97 Å². The Balaban J connectivity index is 2.72. The molecule has 1 N–H and O–H groups in total. The minimum absolute atomic E-state index is 0.303. The van der Waals surface area contributed by atoms with Gasteiger partial charge in [0.1, 0.15) is 0 Å². The fourth-order valence-electron chi connectivity index (χ4n) is 0.988.